The summed E-state index contributed by atoms with van der Waals surface area (Å²) < 4.78 is 36.4. The van der Waals surface area contributed by atoms with E-state index >= 15 is 0 Å². The molecule has 1 N–H and O–H groups in total. The maximum Gasteiger partial charge on any atom is 0.389 e. The standard InChI is InChI=1S/C12H11BrF3NO/c13-9(3-4-12(14,15)16)7-1-2-10-8(5-7)6-11(18)17-10/h1-2,5,9H,3-4,6H2,(H,17,18). The summed E-state index contributed by atoms with van der Waals surface area (Å²) in [5.41, 5.74) is 2.36. The SMILES string of the molecule is O=C1Cc2cc(C(Br)CCC(F)(F)F)ccc2N1. The van der Waals surface area contributed by atoms with Crippen LogP contribution in [0.4, 0.5) is 18.9 Å². The molecule has 0 saturated carbocycles. The Bertz CT molecular complexity index is 473. The topological polar surface area (TPSA) is 29.1 Å². The fourth-order valence-electron chi connectivity index (χ4n) is 1.90. The quantitative estimate of drug-likeness (QED) is 0.839. The molecule has 0 radical (unpaired) electrons. The van der Waals surface area contributed by atoms with Crippen LogP contribution >= 0.6 is 15.9 Å². The number of anilines is 1. The molecular formula is C12H11BrF3NO. The molecule has 1 amide bonds. The van der Waals surface area contributed by atoms with Crippen LogP contribution in [0.15, 0.2) is 18.2 Å². The Morgan fingerprint density at radius 1 is 1.39 bits per heavy atom. The zero-order chi connectivity index (χ0) is 13.3. The number of carbonyl (C=O) groups excluding carboxylic acids is 1. The molecule has 18 heavy (non-hydrogen) atoms. The Morgan fingerprint density at radius 3 is 2.78 bits per heavy atom. The highest BCUT2D eigenvalue weighted by molar-refractivity contribution is 9.09. The summed E-state index contributed by atoms with van der Waals surface area (Å²) in [6, 6.07) is 5.25. The molecule has 1 aliphatic rings. The molecule has 98 valence electrons. The average molecular weight is 322 g/mol. The lowest BCUT2D eigenvalue weighted by atomic mass is 10.0. The fraction of sp³-hybridized carbons (Fsp3) is 0.417. The molecular weight excluding hydrogens is 311 g/mol. The van der Waals surface area contributed by atoms with Gasteiger partial charge < -0.3 is 5.32 Å². The van der Waals surface area contributed by atoms with Crippen LogP contribution in [0.1, 0.15) is 28.8 Å². The molecule has 1 atom stereocenters. The van der Waals surface area contributed by atoms with Crippen molar-refractivity contribution in [3.63, 3.8) is 0 Å². The van der Waals surface area contributed by atoms with E-state index in [1.165, 1.54) is 0 Å². The summed E-state index contributed by atoms with van der Waals surface area (Å²) in [7, 11) is 0. The van der Waals surface area contributed by atoms with Crippen molar-refractivity contribution < 1.29 is 18.0 Å². The van der Waals surface area contributed by atoms with Crippen LogP contribution in [0.3, 0.4) is 0 Å². The molecule has 1 aromatic carbocycles. The number of alkyl halides is 4. The molecule has 2 rings (SSSR count). The summed E-state index contributed by atoms with van der Waals surface area (Å²) in [4.78, 5) is 10.8. The van der Waals surface area contributed by atoms with E-state index in [-0.39, 0.29) is 17.2 Å². The number of halogens is 4. The zero-order valence-corrected chi connectivity index (χ0v) is 10.9. The minimum absolute atomic E-state index is 0.0103. The third kappa shape index (κ3) is 3.25. The summed E-state index contributed by atoms with van der Waals surface area (Å²) >= 11 is 3.26. The van der Waals surface area contributed by atoms with Gasteiger partial charge in [-0.05, 0) is 23.6 Å². The predicted octanol–water partition coefficient (Wildman–Crippen LogP) is 3.96. The molecule has 0 spiro atoms. The van der Waals surface area contributed by atoms with Crippen LogP contribution in [0.25, 0.3) is 0 Å². The van der Waals surface area contributed by atoms with Crippen LogP contribution in [0.5, 0.6) is 0 Å². The van der Waals surface area contributed by atoms with Crippen LogP contribution < -0.4 is 5.32 Å². The highest BCUT2D eigenvalue weighted by Crippen LogP contribution is 2.35. The van der Waals surface area contributed by atoms with E-state index in [1.54, 1.807) is 18.2 Å². The van der Waals surface area contributed by atoms with Gasteiger partial charge in [-0.25, -0.2) is 0 Å². The summed E-state index contributed by atoms with van der Waals surface area (Å²) in [6.07, 6.45) is -4.68. The Hall–Kier alpha value is -1.04. The summed E-state index contributed by atoms with van der Waals surface area (Å²) in [6.45, 7) is 0. The van der Waals surface area contributed by atoms with Gasteiger partial charge in [-0.2, -0.15) is 13.2 Å². The van der Waals surface area contributed by atoms with Crippen molar-refractivity contribution in [2.45, 2.75) is 30.3 Å². The lowest BCUT2D eigenvalue weighted by Crippen LogP contribution is -2.08. The number of carbonyl (C=O) groups is 1. The Kier molecular flexibility index (Phi) is 3.66. The van der Waals surface area contributed by atoms with Gasteiger partial charge in [0.05, 0.1) is 6.42 Å². The number of fused-ring (bicyclic) bond motifs is 1. The first kappa shape index (κ1) is 13.4. The molecule has 0 fully saturated rings. The molecule has 6 heteroatoms. The van der Waals surface area contributed by atoms with Gasteiger partial charge in [0.15, 0.2) is 0 Å². The number of benzene rings is 1. The number of hydrogen-bond acceptors (Lipinski definition) is 1. The molecule has 1 unspecified atom stereocenters. The normalized spacial score (nSPS) is 16.3. The first-order valence-electron chi connectivity index (χ1n) is 5.48. The van der Waals surface area contributed by atoms with E-state index in [1.807, 2.05) is 0 Å². The monoisotopic (exact) mass is 321 g/mol. The number of hydrogen-bond donors (Lipinski definition) is 1. The number of nitrogens with one attached hydrogen (secondary N) is 1. The zero-order valence-electron chi connectivity index (χ0n) is 9.35. The minimum Gasteiger partial charge on any atom is -0.326 e. The van der Waals surface area contributed by atoms with E-state index < -0.39 is 12.6 Å². The van der Waals surface area contributed by atoms with Gasteiger partial charge in [0.2, 0.25) is 5.91 Å². The molecule has 0 aliphatic carbocycles. The van der Waals surface area contributed by atoms with Crippen LogP contribution in [0, 0.1) is 0 Å². The van der Waals surface area contributed by atoms with Crippen molar-refractivity contribution in [1.29, 1.82) is 0 Å². The summed E-state index contributed by atoms with van der Waals surface area (Å²) in [5, 5.41) is 2.69. The first-order chi connectivity index (χ1) is 8.35. The van der Waals surface area contributed by atoms with Gasteiger partial charge in [0.1, 0.15) is 0 Å². The minimum atomic E-state index is -4.14. The van der Waals surface area contributed by atoms with Crippen molar-refractivity contribution in [3.05, 3.63) is 29.3 Å². The maximum atomic E-state index is 12.1. The molecule has 0 aromatic heterocycles. The van der Waals surface area contributed by atoms with Gasteiger partial charge in [0, 0.05) is 16.9 Å². The van der Waals surface area contributed by atoms with Crippen molar-refractivity contribution in [2.75, 3.05) is 5.32 Å². The van der Waals surface area contributed by atoms with Crippen molar-refractivity contribution in [1.82, 2.24) is 0 Å². The second-order valence-electron chi connectivity index (χ2n) is 4.26. The van der Waals surface area contributed by atoms with E-state index in [4.69, 9.17) is 0 Å². The molecule has 0 saturated heterocycles. The predicted molar refractivity (Wildman–Crippen MR) is 65.7 cm³/mol. The van der Waals surface area contributed by atoms with Crippen molar-refractivity contribution in [3.8, 4) is 0 Å². The highest BCUT2D eigenvalue weighted by atomic mass is 79.9. The Balaban J connectivity index is 2.06. The van der Waals surface area contributed by atoms with Crippen LogP contribution in [-0.2, 0) is 11.2 Å². The first-order valence-corrected chi connectivity index (χ1v) is 6.40. The van der Waals surface area contributed by atoms with E-state index in [2.05, 4.69) is 21.2 Å². The fourth-order valence-corrected chi connectivity index (χ4v) is 2.41. The molecule has 2 nitrogen and oxygen atoms in total. The number of amides is 1. The number of rotatable bonds is 3. The van der Waals surface area contributed by atoms with E-state index in [9.17, 15) is 18.0 Å². The van der Waals surface area contributed by atoms with Crippen molar-refractivity contribution in [2.24, 2.45) is 0 Å². The molecule has 1 aliphatic heterocycles. The largest absolute Gasteiger partial charge is 0.389 e. The Morgan fingerprint density at radius 2 is 2.11 bits per heavy atom. The van der Waals surface area contributed by atoms with Crippen LogP contribution in [-0.4, -0.2) is 12.1 Å². The van der Waals surface area contributed by atoms with Gasteiger partial charge >= 0.3 is 6.18 Å². The third-order valence-electron chi connectivity index (χ3n) is 2.80. The average Bonchev–Trinajstić information content (AvgIpc) is 2.63. The van der Waals surface area contributed by atoms with Gasteiger partial charge in [-0.15, -0.1) is 0 Å². The third-order valence-corrected chi connectivity index (χ3v) is 3.78. The molecule has 1 heterocycles. The second kappa shape index (κ2) is 4.91. The van der Waals surface area contributed by atoms with Gasteiger partial charge in [-0.1, -0.05) is 28.1 Å². The molecule has 1 aromatic rings. The summed E-state index contributed by atoms with van der Waals surface area (Å²) in [5.74, 6) is -0.0800. The molecule has 0 bridgehead atoms. The smallest absolute Gasteiger partial charge is 0.326 e. The van der Waals surface area contributed by atoms with E-state index in [0.717, 1.165) is 16.8 Å². The van der Waals surface area contributed by atoms with Gasteiger partial charge in [0.25, 0.3) is 0 Å². The van der Waals surface area contributed by atoms with Crippen LogP contribution in [0.2, 0.25) is 0 Å². The maximum absolute atomic E-state index is 12.1. The second-order valence-corrected chi connectivity index (χ2v) is 5.37. The van der Waals surface area contributed by atoms with Gasteiger partial charge in [-0.3, -0.25) is 4.79 Å². The lowest BCUT2D eigenvalue weighted by molar-refractivity contribution is -0.135. The van der Waals surface area contributed by atoms with E-state index in [0.29, 0.717) is 6.42 Å². The highest BCUT2D eigenvalue weighted by Gasteiger charge is 2.28. The van der Waals surface area contributed by atoms with Crippen molar-refractivity contribution >= 4 is 27.5 Å². The lowest BCUT2D eigenvalue weighted by Gasteiger charge is -2.13. The Labute approximate surface area is 111 Å².